The van der Waals surface area contributed by atoms with E-state index >= 15 is 0 Å². The van der Waals surface area contributed by atoms with Gasteiger partial charge in [-0.2, -0.15) is 10.2 Å². The van der Waals surface area contributed by atoms with Crippen LogP contribution < -0.4 is 15.2 Å². The average molecular weight is 233 g/mol. The Labute approximate surface area is 88.2 Å². The van der Waals surface area contributed by atoms with E-state index in [1.165, 1.54) is 0 Å². The van der Waals surface area contributed by atoms with Gasteiger partial charge in [-0.15, -0.1) is 13.2 Å². The third kappa shape index (κ3) is 2.66. The first kappa shape index (κ1) is 11.9. The van der Waals surface area contributed by atoms with Crippen molar-refractivity contribution in [3.05, 3.63) is 11.6 Å². The highest BCUT2D eigenvalue weighted by molar-refractivity contribution is 5.61. The van der Waals surface area contributed by atoms with Crippen LogP contribution in [0.3, 0.4) is 0 Å². The molecule has 1 rings (SSSR count). The summed E-state index contributed by atoms with van der Waals surface area (Å²) in [6.45, 7) is 0. The molecule has 0 amide bonds. The lowest BCUT2D eigenvalue weighted by Crippen LogP contribution is -2.18. The van der Waals surface area contributed by atoms with Crippen LogP contribution in [0.25, 0.3) is 0 Å². The predicted octanol–water partition coefficient (Wildman–Crippen LogP) is 1.44. The van der Waals surface area contributed by atoms with Gasteiger partial charge in [0.25, 0.3) is 0 Å². The summed E-state index contributed by atoms with van der Waals surface area (Å²) >= 11 is 0. The average Bonchev–Trinajstić information content (AvgIpc) is 2.18. The van der Waals surface area contributed by atoms with Crippen molar-refractivity contribution in [2.45, 2.75) is 6.36 Å². The van der Waals surface area contributed by atoms with Crippen molar-refractivity contribution in [3.8, 4) is 17.8 Å². The summed E-state index contributed by atoms with van der Waals surface area (Å²) in [4.78, 5) is 3.34. The fourth-order valence-electron chi connectivity index (χ4n) is 0.928. The summed E-state index contributed by atoms with van der Waals surface area (Å²) in [6, 6.07) is 2.39. The number of aromatic nitrogens is 1. The van der Waals surface area contributed by atoms with Gasteiger partial charge in [0.15, 0.2) is 0 Å². The molecule has 5 nitrogen and oxygen atoms in total. The van der Waals surface area contributed by atoms with Crippen molar-refractivity contribution in [1.29, 1.82) is 5.26 Å². The largest absolute Gasteiger partial charge is 0.574 e. The van der Waals surface area contributed by atoms with Gasteiger partial charge in [0.1, 0.15) is 11.8 Å². The summed E-state index contributed by atoms with van der Waals surface area (Å²) < 4.78 is 43.8. The van der Waals surface area contributed by atoms with Crippen molar-refractivity contribution >= 4 is 5.69 Å². The summed E-state index contributed by atoms with van der Waals surface area (Å²) in [5.74, 6) is -1.09. The van der Waals surface area contributed by atoms with E-state index in [4.69, 9.17) is 11.0 Å². The van der Waals surface area contributed by atoms with Gasteiger partial charge in [-0.3, -0.25) is 0 Å². The summed E-state index contributed by atoms with van der Waals surface area (Å²) in [6.07, 6.45) is -4.89. The van der Waals surface area contributed by atoms with Crippen LogP contribution in [0.4, 0.5) is 18.9 Å². The minimum atomic E-state index is -4.89. The molecule has 0 spiro atoms. The third-order valence-electron chi connectivity index (χ3n) is 1.53. The van der Waals surface area contributed by atoms with E-state index in [0.717, 1.165) is 13.2 Å². The highest BCUT2D eigenvalue weighted by atomic mass is 19.4. The molecule has 2 N–H and O–H groups in total. The third-order valence-corrected chi connectivity index (χ3v) is 1.53. The lowest BCUT2D eigenvalue weighted by molar-refractivity contribution is -0.276. The van der Waals surface area contributed by atoms with Crippen molar-refractivity contribution in [2.75, 3.05) is 12.8 Å². The minimum absolute atomic E-state index is 0.139. The van der Waals surface area contributed by atoms with E-state index < -0.39 is 12.2 Å². The van der Waals surface area contributed by atoms with E-state index in [1.54, 1.807) is 6.07 Å². The summed E-state index contributed by atoms with van der Waals surface area (Å²) in [5.41, 5.74) is 5.05. The van der Waals surface area contributed by atoms with Crippen molar-refractivity contribution in [1.82, 2.24) is 4.98 Å². The minimum Gasteiger partial charge on any atom is -0.479 e. The highest BCUT2D eigenvalue weighted by Crippen LogP contribution is 2.29. The number of methoxy groups -OCH3 is 1. The number of alkyl halides is 3. The van der Waals surface area contributed by atoms with Crippen molar-refractivity contribution in [3.63, 3.8) is 0 Å². The molecule has 0 saturated carbocycles. The van der Waals surface area contributed by atoms with Crippen LogP contribution in [-0.4, -0.2) is 18.5 Å². The van der Waals surface area contributed by atoms with Gasteiger partial charge in [-0.1, -0.05) is 0 Å². The number of ether oxygens (including phenoxy) is 2. The molecule has 0 aliphatic heterocycles. The van der Waals surface area contributed by atoms with Crippen LogP contribution >= 0.6 is 0 Å². The maximum atomic E-state index is 11.9. The van der Waals surface area contributed by atoms with Gasteiger partial charge < -0.3 is 15.2 Å². The van der Waals surface area contributed by atoms with Crippen LogP contribution in [0.5, 0.6) is 11.8 Å². The van der Waals surface area contributed by atoms with Crippen molar-refractivity contribution in [2.24, 2.45) is 0 Å². The monoisotopic (exact) mass is 233 g/mol. The number of nitriles is 1. The normalized spacial score (nSPS) is 10.7. The van der Waals surface area contributed by atoms with Crippen LogP contribution in [0, 0.1) is 11.3 Å². The zero-order chi connectivity index (χ0) is 12.3. The maximum absolute atomic E-state index is 11.9. The smallest absolute Gasteiger partial charge is 0.479 e. The second kappa shape index (κ2) is 4.14. The molecule has 1 heterocycles. The molecule has 0 saturated heterocycles. The van der Waals surface area contributed by atoms with Crippen LogP contribution in [0.2, 0.25) is 0 Å². The molecule has 1 aromatic rings. The SMILES string of the molecule is COc1nc(OC(F)(F)F)cc(C#N)c1N. The van der Waals surface area contributed by atoms with Crippen LogP contribution in [0.1, 0.15) is 5.56 Å². The second-order valence-corrected chi connectivity index (χ2v) is 2.59. The molecular formula is C8H6F3N3O2. The Morgan fingerprint density at radius 3 is 2.56 bits per heavy atom. The molecule has 0 atom stereocenters. The Hall–Kier alpha value is -2.17. The molecule has 0 aromatic carbocycles. The van der Waals surface area contributed by atoms with E-state index in [1.807, 2.05) is 0 Å². The molecular weight excluding hydrogens is 227 g/mol. The number of halogens is 3. The number of rotatable bonds is 2. The van der Waals surface area contributed by atoms with Gasteiger partial charge in [0.05, 0.1) is 12.7 Å². The Morgan fingerprint density at radius 2 is 2.12 bits per heavy atom. The molecule has 1 aromatic heterocycles. The Morgan fingerprint density at radius 1 is 1.50 bits per heavy atom. The van der Waals surface area contributed by atoms with E-state index in [0.29, 0.717) is 0 Å². The zero-order valence-corrected chi connectivity index (χ0v) is 8.00. The topological polar surface area (TPSA) is 81.2 Å². The standard InChI is InChI=1S/C8H6F3N3O2/c1-15-7-6(13)4(3-12)2-5(14-7)16-8(9,10)11/h2H,13H2,1H3. The molecule has 0 unspecified atom stereocenters. The lowest BCUT2D eigenvalue weighted by atomic mass is 10.2. The molecule has 0 radical (unpaired) electrons. The summed E-state index contributed by atoms with van der Waals surface area (Å²) in [5, 5.41) is 8.61. The first-order valence-electron chi connectivity index (χ1n) is 3.87. The molecule has 0 bridgehead atoms. The Kier molecular flexibility index (Phi) is 3.08. The molecule has 0 fully saturated rings. The number of anilines is 1. The first-order valence-corrected chi connectivity index (χ1v) is 3.87. The number of nitrogen functional groups attached to an aromatic ring is 1. The van der Waals surface area contributed by atoms with Crippen LogP contribution in [0.15, 0.2) is 6.07 Å². The number of hydrogen-bond acceptors (Lipinski definition) is 5. The lowest BCUT2D eigenvalue weighted by Gasteiger charge is -2.10. The molecule has 8 heteroatoms. The molecule has 86 valence electrons. The Balaban J connectivity index is 3.19. The first-order chi connectivity index (χ1) is 7.37. The highest BCUT2D eigenvalue weighted by Gasteiger charge is 2.32. The second-order valence-electron chi connectivity index (χ2n) is 2.59. The summed E-state index contributed by atoms with van der Waals surface area (Å²) in [7, 11) is 1.16. The zero-order valence-electron chi connectivity index (χ0n) is 8.00. The fourth-order valence-corrected chi connectivity index (χ4v) is 0.928. The van der Waals surface area contributed by atoms with E-state index in [9.17, 15) is 13.2 Å². The maximum Gasteiger partial charge on any atom is 0.574 e. The quantitative estimate of drug-likeness (QED) is 0.835. The molecule has 0 aliphatic rings. The van der Waals surface area contributed by atoms with Gasteiger partial charge >= 0.3 is 6.36 Å². The molecule has 16 heavy (non-hydrogen) atoms. The Bertz CT molecular complexity index is 439. The molecule has 0 aliphatic carbocycles. The number of nitrogens with two attached hydrogens (primary N) is 1. The number of nitrogens with zero attached hydrogens (tertiary/aromatic N) is 2. The van der Waals surface area contributed by atoms with Gasteiger partial charge in [0.2, 0.25) is 11.8 Å². The van der Waals surface area contributed by atoms with E-state index in [-0.39, 0.29) is 17.1 Å². The van der Waals surface area contributed by atoms with Gasteiger partial charge in [0, 0.05) is 6.07 Å². The number of pyridine rings is 1. The van der Waals surface area contributed by atoms with Gasteiger partial charge in [-0.25, -0.2) is 0 Å². The predicted molar refractivity (Wildman–Crippen MR) is 46.6 cm³/mol. The van der Waals surface area contributed by atoms with E-state index in [2.05, 4.69) is 14.5 Å². The van der Waals surface area contributed by atoms with Crippen LogP contribution in [-0.2, 0) is 0 Å². The number of hydrogen-bond donors (Lipinski definition) is 1. The van der Waals surface area contributed by atoms with Crippen molar-refractivity contribution < 1.29 is 22.6 Å². The fraction of sp³-hybridized carbons (Fsp3) is 0.250. The van der Waals surface area contributed by atoms with Gasteiger partial charge in [-0.05, 0) is 0 Å².